The number of rotatable bonds is 4. The van der Waals surface area contributed by atoms with Gasteiger partial charge < -0.3 is 4.42 Å². The maximum absolute atomic E-state index is 13.2. The van der Waals surface area contributed by atoms with Crippen molar-refractivity contribution in [2.75, 3.05) is 7.05 Å². The number of furan rings is 1. The van der Waals surface area contributed by atoms with E-state index in [9.17, 15) is 12.8 Å². The number of fused-ring (bicyclic) bond motifs is 1. The molecular weight excluding hydrogens is 353 g/mol. The Morgan fingerprint density at radius 2 is 1.88 bits per heavy atom. The summed E-state index contributed by atoms with van der Waals surface area (Å²) < 4.78 is 45.6. The Morgan fingerprint density at radius 1 is 1.17 bits per heavy atom. The molecule has 0 radical (unpaired) electrons. The van der Waals surface area contributed by atoms with Gasteiger partial charge in [0.25, 0.3) is 0 Å². The molecule has 3 aromatic rings. The van der Waals surface area contributed by atoms with Gasteiger partial charge >= 0.3 is 0 Å². The third-order valence-electron chi connectivity index (χ3n) is 3.95. The molecule has 126 valence electrons. The summed E-state index contributed by atoms with van der Waals surface area (Å²) >= 11 is 5.90. The molecule has 1 atom stereocenters. The summed E-state index contributed by atoms with van der Waals surface area (Å²) in [6.07, 6.45) is 0. The SMILES string of the molecule is CC(c1cc2ccccc2o1)N(C)S(=O)(=O)c1ccc(F)cc1Cl. The summed E-state index contributed by atoms with van der Waals surface area (Å²) in [6.45, 7) is 1.71. The summed E-state index contributed by atoms with van der Waals surface area (Å²) in [5.41, 5.74) is 0.685. The second-order valence-electron chi connectivity index (χ2n) is 5.46. The van der Waals surface area contributed by atoms with Crippen LogP contribution < -0.4 is 0 Å². The van der Waals surface area contributed by atoms with Gasteiger partial charge in [0.1, 0.15) is 22.1 Å². The highest BCUT2D eigenvalue weighted by atomic mass is 35.5. The number of halogens is 2. The average molecular weight is 368 g/mol. The van der Waals surface area contributed by atoms with Crippen molar-refractivity contribution in [3.8, 4) is 0 Å². The van der Waals surface area contributed by atoms with Gasteiger partial charge in [-0.1, -0.05) is 29.8 Å². The number of benzene rings is 2. The van der Waals surface area contributed by atoms with E-state index < -0.39 is 21.9 Å². The van der Waals surface area contributed by atoms with Gasteiger partial charge in [-0.25, -0.2) is 12.8 Å². The van der Waals surface area contributed by atoms with Gasteiger partial charge in [0.2, 0.25) is 10.0 Å². The minimum Gasteiger partial charge on any atom is -0.459 e. The molecule has 0 N–H and O–H groups in total. The van der Waals surface area contributed by atoms with Crippen molar-refractivity contribution in [1.82, 2.24) is 4.31 Å². The fourth-order valence-corrected chi connectivity index (χ4v) is 4.27. The van der Waals surface area contributed by atoms with Crippen LogP contribution in [0.1, 0.15) is 18.7 Å². The Labute approximate surface area is 144 Å². The Hall–Kier alpha value is -1.89. The lowest BCUT2D eigenvalue weighted by atomic mass is 10.2. The molecule has 1 heterocycles. The Bertz CT molecular complexity index is 967. The number of sulfonamides is 1. The molecule has 2 aromatic carbocycles. The van der Waals surface area contributed by atoms with E-state index in [1.165, 1.54) is 7.05 Å². The number of hydrogen-bond donors (Lipinski definition) is 0. The van der Waals surface area contributed by atoms with Crippen LogP contribution in [0.3, 0.4) is 0 Å². The lowest BCUT2D eigenvalue weighted by molar-refractivity contribution is 0.348. The normalized spacial score (nSPS) is 13.5. The van der Waals surface area contributed by atoms with Crippen LogP contribution in [0.5, 0.6) is 0 Å². The maximum Gasteiger partial charge on any atom is 0.244 e. The molecular formula is C17H15ClFNO3S. The van der Waals surface area contributed by atoms with Gasteiger partial charge in [-0.05, 0) is 37.3 Å². The molecule has 0 bridgehead atoms. The van der Waals surface area contributed by atoms with Gasteiger partial charge in [-0.2, -0.15) is 4.31 Å². The van der Waals surface area contributed by atoms with Crippen molar-refractivity contribution < 1.29 is 17.2 Å². The monoisotopic (exact) mass is 367 g/mol. The topological polar surface area (TPSA) is 50.5 Å². The molecule has 4 nitrogen and oxygen atoms in total. The molecule has 1 unspecified atom stereocenters. The van der Waals surface area contributed by atoms with Crippen molar-refractivity contribution in [2.24, 2.45) is 0 Å². The molecule has 0 aliphatic rings. The second-order valence-corrected chi connectivity index (χ2v) is 7.83. The number of para-hydroxylation sites is 1. The van der Waals surface area contributed by atoms with Gasteiger partial charge in [-0.3, -0.25) is 0 Å². The summed E-state index contributed by atoms with van der Waals surface area (Å²) in [4.78, 5) is -0.143. The highest BCUT2D eigenvalue weighted by molar-refractivity contribution is 7.89. The molecule has 0 saturated heterocycles. The largest absolute Gasteiger partial charge is 0.459 e. The highest BCUT2D eigenvalue weighted by Gasteiger charge is 2.30. The molecule has 7 heteroatoms. The molecule has 0 spiro atoms. The summed E-state index contributed by atoms with van der Waals surface area (Å²) in [5, 5.41) is 0.739. The first-order valence-electron chi connectivity index (χ1n) is 7.22. The van der Waals surface area contributed by atoms with Crippen LogP contribution >= 0.6 is 11.6 Å². The zero-order valence-electron chi connectivity index (χ0n) is 13.0. The van der Waals surface area contributed by atoms with E-state index in [1.807, 2.05) is 24.3 Å². The Morgan fingerprint density at radius 3 is 2.54 bits per heavy atom. The maximum atomic E-state index is 13.2. The molecule has 0 fully saturated rings. The van der Waals surface area contributed by atoms with Gasteiger partial charge in [0.15, 0.2) is 0 Å². The van der Waals surface area contributed by atoms with Crippen molar-refractivity contribution in [3.63, 3.8) is 0 Å². The molecule has 3 rings (SSSR count). The molecule has 0 amide bonds. The minimum atomic E-state index is -3.90. The van der Waals surface area contributed by atoms with E-state index in [0.29, 0.717) is 11.3 Å². The predicted octanol–water partition coefficient (Wildman–Crippen LogP) is 4.61. The van der Waals surface area contributed by atoms with E-state index in [-0.39, 0.29) is 9.92 Å². The smallest absolute Gasteiger partial charge is 0.244 e. The summed E-state index contributed by atoms with van der Waals surface area (Å²) in [7, 11) is -2.46. The first-order valence-corrected chi connectivity index (χ1v) is 9.04. The van der Waals surface area contributed by atoms with E-state index in [4.69, 9.17) is 16.0 Å². The standard InChI is InChI=1S/C17H15ClFNO3S/c1-11(16-9-12-5-3-4-6-15(12)23-16)20(2)24(21,22)17-8-7-13(19)10-14(17)18/h3-11H,1-2H3. The molecule has 0 aliphatic heterocycles. The third-order valence-corrected chi connectivity index (χ3v) is 6.36. The van der Waals surface area contributed by atoms with Crippen molar-refractivity contribution in [1.29, 1.82) is 0 Å². The van der Waals surface area contributed by atoms with Crippen LogP contribution in [0.2, 0.25) is 5.02 Å². The lowest BCUT2D eigenvalue weighted by Crippen LogP contribution is -2.29. The third kappa shape index (κ3) is 2.92. The molecule has 0 saturated carbocycles. The minimum absolute atomic E-state index is 0.143. The van der Waals surface area contributed by atoms with Gasteiger partial charge in [0.05, 0.1) is 11.1 Å². The van der Waals surface area contributed by atoms with Gasteiger partial charge in [0, 0.05) is 12.4 Å². The first kappa shape index (κ1) is 17.0. The summed E-state index contributed by atoms with van der Waals surface area (Å²) in [5.74, 6) is -0.0764. The van der Waals surface area contributed by atoms with E-state index in [2.05, 4.69) is 0 Å². The Kier molecular flexibility index (Phi) is 4.38. The quantitative estimate of drug-likeness (QED) is 0.676. The fraction of sp³-hybridized carbons (Fsp3) is 0.176. The molecule has 1 aromatic heterocycles. The fourth-order valence-electron chi connectivity index (χ4n) is 2.44. The molecule has 24 heavy (non-hydrogen) atoms. The van der Waals surface area contributed by atoms with E-state index in [0.717, 1.165) is 27.9 Å². The van der Waals surface area contributed by atoms with Crippen LogP contribution in [0.4, 0.5) is 4.39 Å². The van der Waals surface area contributed by atoms with Crippen LogP contribution in [0.25, 0.3) is 11.0 Å². The van der Waals surface area contributed by atoms with E-state index >= 15 is 0 Å². The molecule has 0 aliphatic carbocycles. The second kappa shape index (κ2) is 6.20. The van der Waals surface area contributed by atoms with E-state index in [1.54, 1.807) is 13.0 Å². The first-order chi connectivity index (χ1) is 11.3. The lowest BCUT2D eigenvalue weighted by Gasteiger charge is -2.23. The van der Waals surface area contributed by atoms with Crippen molar-refractivity contribution >= 4 is 32.6 Å². The van der Waals surface area contributed by atoms with Crippen molar-refractivity contribution in [2.45, 2.75) is 17.9 Å². The zero-order valence-corrected chi connectivity index (χ0v) is 14.6. The number of nitrogens with zero attached hydrogens (tertiary/aromatic N) is 1. The number of hydrogen-bond acceptors (Lipinski definition) is 3. The van der Waals surface area contributed by atoms with Crippen molar-refractivity contribution in [3.05, 3.63) is 65.1 Å². The summed E-state index contributed by atoms with van der Waals surface area (Å²) in [6, 6.07) is 11.9. The van der Waals surface area contributed by atoms with Crippen LogP contribution in [0, 0.1) is 5.82 Å². The van der Waals surface area contributed by atoms with Crippen LogP contribution in [-0.4, -0.2) is 19.8 Å². The van der Waals surface area contributed by atoms with Crippen LogP contribution in [-0.2, 0) is 10.0 Å². The predicted molar refractivity (Wildman–Crippen MR) is 91.0 cm³/mol. The van der Waals surface area contributed by atoms with Crippen LogP contribution in [0.15, 0.2) is 57.8 Å². The zero-order chi connectivity index (χ0) is 17.5. The highest BCUT2D eigenvalue weighted by Crippen LogP contribution is 2.32. The average Bonchev–Trinajstić information content (AvgIpc) is 2.97. The van der Waals surface area contributed by atoms with Gasteiger partial charge in [-0.15, -0.1) is 0 Å². The Balaban J connectivity index is 1.98.